The number of phenolic OH excluding ortho intramolecular Hbond substituents is 1. The van der Waals surface area contributed by atoms with Crippen LogP contribution < -0.4 is 5.32 Å². The lowest BCUT2D eigenvalue weighted by Crippen LogP contribution is -2.22. The van der Waals surface area contributed by atoms with Gasteiger partial charge in [-0.25, -0.2) is 4.98 Å². The van der Waals surface area contributed by atoms with Crippen molar-refractivity contribution in [2.75, 3.05) is 6.54 Å². The number of aryl methyl sites for hydroxylation is 1. The quantitative estimate of drug-likeness (QED) is 0.692. The maximum atomic E-state index is 9.62. The number of nitrogens with zero attached hydrogens (tertiary/aromatic N) is 1. The van der Waals surface area contributed by atoms with Gasteiger partial charge in [0, 0.05) is 17.9 Å². The van der Waals surface area contributed by atoms with Crippen LogP contribution in [0.2, 0.25) is 0 Å². The van der Waals surface area contributed by atoms with Crippen LogP contribution in [0.25, 0.3) is 0 Å². The lowest BCUT2D eigenvalue weighted by atomic mass is 10.00. The molecule has 0 aliphatic carbocycles. The summed E-state index contributed by atoms with van der Waals surface area (Å²) >= 11 is 0. The molecule has 20 heavy (non-hydrogen) atoms. The Labute approximate surface area is 120 Å². The van der Waals surface area contributed by atoms with E-state index in [4.69, 9.17) is 0 Å². The molecule has 1 aromatic carbocycles. The molecule has 3 N–H and O–H groups in total. The molecule has 1 unspecified atom stereocenters. The lowest BCUT2D eigenvalue weighted by Gasteiger charge is -2.19. The third-order valence-electron chi connectivity index (χ3n) is 3.41. The number of H-pyrrole nitrogens is 1. The first-order chi connectivity index (χ1) is 9.79. The normalized spacial score (nSPS) is 12.4. The summed E-state index contributed by atoms with van der Waals surface area (Å²) in [4.78, 5) is 7.17. The van der Waals surface area contributed by atoms with Gasteiger partial charge in [-0.3, -0.25) is 0 Å². The van der Waals surface area contributed by atoms with Crippen molar-refractivity contribution in [3.63, 3.8) is 0 Å². The van der Waals surface area contributed by atoms with E-state index in [1.165, 1.54) is 5.69 Å². The summed E-state index contributed by atoms with van der Waals surface area (Å²) < 4.78 is 0. The number of nitrogens with one attached hydrogen (secondary N) is 2. The molecule has 0 spiro atoms. The topological polar surface area (TPSA) is 60.9 Å². The van der Waals surface area contributed by atoms with Crippen LogP contribution in [0.5, 0.6) is 5.75 Å². The van der Waals surface area contributed by atoms with Crippen LogP contribution in [0.3, 0.4) is 0 Å². The largest absolute Gasteiger partial charge is 0.508 e. The second-order valence-corrected chi connectivity index (χ2v) is 5.07. The Bertz CT molecular complexity index is 496. The molecule has 1 aromatic heterocycles. The molecule has 4 nitrogen and oxygen atoms in total. The molecule has 0 aliphatic heterocycles. The van der Waals surface area contributed by atoms with Gasteiger partial charge in [0.25, 0.3) is 0 Å². The Morgan fingerprint density at radius 2 is 2.30 bits per heavy atom. The summed E-state index contributed by atoms with van der Waals surface area (Å²) in [5.74, 6) is 0.333. The highest BCUT2D eigenvalue weighted by Crippen LogP contribution is 2.22. The Hall–Kier alpha value is -1.81. The van der Waals surface area contributed by atoms with E-state index in [2.05, 4.69) is 28.3 Å². The van der Waals surface area contributed by atoms with E-state index in [1.54, 1.807) is 12.4 Å². The molecule has 2 rings (SSSR count). The average molecular weight is 273 g/mol. The van der Waals surface area contributed by atoms with Crippen molar-refractivity contribution in [1.82, 2.24) is 15.3 Å². The predicted octanol–water partition coefficient (Wildman–Crippen LogP) is 3.18. The van der Waals surface area contributed by atoms with Gasteiger partial charge in [-0.2, -0.15) is 0 Å². The molecule has 2 aromatic rings. The van der Waals surface area contributed by atoms with Crippen LogP contribution >= 0.6 is 0 Å². The molecule has 108 valence electrons. The maximum Gasteiger partial charge on any atom is 0.115 e. The first-order valence-electron chi connectivity index (χ1n) is 7.29. The summed E-state index contributed by atoms with van der Waals surface area (Å²) in [7, 11) is 0. The maximum absolute atomic E-state index is 9.62. The van der Waals surface area contributed by atoms with E-state index in [-0.39, 0.29) is 0 Å². The molecule has 0 aliphatic rings. The molecule has 0 fully saturated rings. The number of hydrogen-bond donors (Lipinski definition) is 3. The minimum atomic E-state index is 0.296. The van der Waals surface area contributed by atoms with Crippen LogP contribution in [-0.2, 0) is 6.42 Å². The minimum absolute atomic E-state index is 0.296. The predicted molar refractivity (Wildman–Crippen MR) is 80.7 cm³/mol. The number of aromatic hydroxyl groups is 1. The standard InChI is InChI=1S/C16H23N3O/c1-2-9-18-16(13-5-3-7-15(20)10-13)8-4-6-14-11-17-12-19-14/h3,5,7,10-12,16,18,20H,2,4,6,8-9H2,1H3,(H,17,19). The molecule has 4 heteroatoms. The highest BCUT2D eigenvalue weighted by Gasteiger charge is 2.11. The molecule has 0 saturated carbocycles. The third-order valence-corrected chi connectivity index (χ3v) is 3.41. The number of phenols is 1. The average Bonchev–Trinajstić information content (AvgIpc) is 2.96. The van der Waals surface area contributed by atoms with E-state index >= 15 is 0 Å². The number of imidazole rings is 1. The van der Waals surface area contributed by atoms with Crippen LogP contribution in [0.1, 0.15) is 43.5 Å². The van der Waals surface area contributed by atoms with Gasteiger partial charge in [0.2, 0.25) is 0 Å². The van der Waals surface area contributed by atoms with Crippen LogP contribution in [0.4, 0.5) is 0 Å². The number of aromatic nitrogens is 2. The smallest absolute Gasteiger partial charge is 0.115 e. The van der Waals surface area contributed by atoms with E-state index in [9.17, 15) is 5.11 Å². The van der Waals surface area contributed by atoms with Crippen molar-refractivity contribution in [3.05, 3.63) is 48.0 Å². The van der Waals surface area contributed by atoms with Gasteiger partial charge in [0.15, 0.2) is 0 Å². The number of hydrogen-bond acceptors (Lipinski definition) is 3. The molecular weight excluding hydrogens is 250 g/mol. The molecule has 0 bridgehead atoms. The minimum Gasteiger partial charge on any atom is -0.508 e. The highest BCUT2D eigenvalue weighted by atomic mass is 16.3. The second kappa shape index (κ2) is 7.70. The van der Waals surface area contributed by atoms with E-state index < -0.39 is 0 Å². The lowest BCUT2D eigenvalue weighted by molar-refractivity contribution is 0.462. The monoisotopic (exact) mass is 273 g/mol. The van der Waals surface area contributed by atoms with Crippen molar-refractivity contribution in [2.45, 2.75) is 38.6 Å². The van der Waals surface area contributed by atoms with Gasteiger partial charge in [-0.15, -0.1) is 0 Å². The fraction of sp³-hybridized carbons (Fsp3) is 0.438. The molecule has 0 radical (unpaired) electrons. The van der Waals surface area contributed by atoms with Crippen molar-refractivity contribution < 1.29 is 5.11 Å². The summed E-state index contributed by atoms with van der Waals surface area (Å²) in [5, 5.41) is 13.2. The Balaban J connectivity index is 1.92. The first-order valence-corrected chi connectivity index (χ1v) is 7.29. The van der Waals surface area contributed by atoms with Gasteiger partial charge in [-0.05, 0) is 49.9 Å². The zero-order valence-electron chi connectivity index (χ0n) is 12.0. The van der Waals surface area contributed by atoms with Crippen molar-refractivity contribution in [2.24, 2.45) is 0 Å². The van der Waals surface area contributed by atoms with Crippen molar-refractivity contribution >= 4 is 0 Å². The first kappa shape index (κ1) is 14.6. The van der Waals surface area contributed by atoms with Gasteiger partial charge < -0.3 is 15.4 Å². The van der Waals surface area contributed by atoms with E-state index in [1.807, 2.05) is 18.3 Å². The van der Waals surface area contributed by atoms with Crippen molar-refractivity contribution in [3.8, 4) is 5.75 Å². The number of benzene rings is 1. The number of rotatable bonds is 8. The molecule has 0 saturated heterocycles. The summed E-state index contributed by atoms with van der Waals surface area (Å²) in [5.41, 5.74) is 2.33. The molecule has 0 amide bonds. The highest BCUT2D eigenvalue weighted by molar-refractivity contribution is 5.29. The van der Waals surface area contributed by atoms with Crippen LogP contribution in [-0.4, -0.2) is 21.6 Å². The SMILES string of the molecule is CCCNC(CCCc1cnc[nH]1)c1cccc(O)c1. The summed E-state index contributed by atoms with van der Waals surface area (Å²) in [6, 6.07) is 7.84. The van der Waals surface area contributed by atoms with Gasteiger partial charge in [0.05, 0.1) is 6.33 Å². The zero-order valence-corrected chi connectivity index (χ0v) is 12.0. The fourth-order valence-electron chi connectivity index (χ4n) is 2.36. The van der Waals surface area contributed by atoms with Gasteiger partial charge >= 0.3 is 0 Å². The fourth-order valence-corrected chi connectivity index (χ4v) is 2.36. The third kappa shape index (κ3) is 4.38. The Morgan fingerprint density at radius 1 is 1.40 bits per heavy atom. The van der Waals surface area contributed by atoms with E-state index in [0.29, 0.717) is 11.8 Å². The molecular formula is C16H23N3O. The van der Waals surface area contributed by atoms with Gasteiger partial charge in [0.1, 0.15) is 5.75 Å². The number of aromatic amines is 1. The Kier molecular flexibility index (Phi) is 5.62. The summed E-state index contributed by atoms with van der Waals surface area (Å²) in [6.45, 7) is 3.15. The zero-order chi connectivity index (χ0) is 14.2. The molecule has 1 heterocycles. The van der Waals surface area contributed by atoms with E-state index in [0.717, 1.165) is 37.8 Å². The van der Waals surface area contributed by atoms with Gasteiger partial charge in [-0.1, -0.05) is 19.1 Å². The van der Waals surface area contributed by atoms with Crippen LogP contribution in [0, 0.1) is 0 Å². The summed E-state index contributed by atoms with van der Waals surface area (Å²) in [6.07, 6.45) is 7.83. The van der Waals surface area contributed by atoms with Crippen molar-refractivity contribution in [1.29, 1.82) is 0 Å². The Morgan fingerprint density at radius 3 is 3.00 bits per heavy atom. The second-order valence-electron chi connectivity index (χ2n) is 5.07. The van der Waals surface area contributed by atoms with Crippen LogP contribution in [0.15, 0.2) is 36.8 Å². The molecule has 1 atom stereocenters.